The Labute approximate surface area is 146 Å². The van der Waals surface area contributed by atoms with Crippen molar-refractivity contribution in [1.29, 1.82) is 0 Å². The molecule has 0 amide bonds. The van der Waals surface area contributed by atoms with Crippen LogP contribution in [0.4, 0.5) is 11.4 Å². The fraction of sp³-hybridized carbons (Fsp3) is 0. The van der Waals surface area contributed by atoms with Gasteiger partial charge in [-0.15, -0.1) is 0 Å². The van der Waals surface area contributed by atoms with Crippen LogP contribution in [0.3, 0.4) is 0 Å². The summed E-state index contributed by atoms with van der Waals surface area (Å²) >= 11 is 0. The summed E-state index contributed by atoms with van der Waals surface area (Å²) in [5, 5.41) is 30.8. The third-order valence-electron chi connectivity index (χ3n) is 2.73. The van der Waals surface area contributed by atoms with Crippen LogP contribution in [-0.2, 0) is 10.1 Å². The molecule has 2 aromatic rings. The van der Waals surface area contributed by atoms with E-state index in [1.165, 1.54) is 0 Å². The fourth-order valence-corrected chi connectivity index (χ4v) is 2.31. The molecule has 2 aromatic carbocycles. The molecule has 0 fully saturated rings. The van der Waals surface area contributed by atoms with Crippen molar-refractivity contribution in [2.75, 3.05) is 0 Å². The zero-order valence-electron chi connectivity index (χ0n) is 12.0. The van der Waals surface area contributed by atoms with Gasteiger partial charge in [-0.3, -0.25) is 24.8 Å². The molecule has 0 heterocycles. The van der Waals surface area contributed by atoms with Gasteiger partial charge in [-0.2, -0.15) is 8.42 Å². The molecule has 22 heavy (non-hydrogen) atoms. The SMILES string of the molecule is O=[N+]([O-])c1cc([N+](=O)[O-])c2ccc(S(=O)(=O)O)cc2c1O.[H-].[Na+]. The third kappa shape index (κ3) is 3.18. The Hall–Kier alpha value is -1.79. The molecule has 0 bridgehead atoms. The number of phenolic OH excluding ortho intramolecular Hbond substituents is 1. The van der Waals surface area contributed by atoms with E-state index in [1.807, 2.05) is 0 Å². The van der Waals surface area contributed by atoms with Gasteiger partial charge in [0.15, 0.2) is 0 Å². The quantitative estimate of drug-likeness (QED) is 0.303. The van der Waals surface area contributed by atoms with Gasteiger partial charge in [-0.25, -0.2) is 0 Å². The molecular formula is C10H7N2NaO8S. The van der Waals surface area contributed by atoms with Gasteiger partial charge in [0.25, 0.3) is 15.8 Å². The molecule has 0 atom stereocenters. The van der Waals surface area contributed by atoms with Crippen LogP contribution in [0.15, 0.2) is 29.2 Å². The number of aromatic hydroxyl groups is 1. The summed E-state index contributed by atoms with van der Waals surface area (Å²) in [5.41, 5.74) is -1.61. The Balaban J connectivity index is 0.00000242. The average molecular weight is 338 g/mol. The van der Waals surface area contributed by atoms with Crippen LogP contribution >= 0.6 is 0 Å². The maximum Gasteiger partial charge on any atom is 1.00 e. The first kappa shape index (κ1) is 18.3. The summed E-state index contributed by atoms with van der Waals surface area (Å²) < 4.78 is 31.0. The number of fused-ring (bicyclic) bond motifs is 1. The van der Waals surface area contributed by atoms with Gasteiger partial charge in [-0.05, 0) is 18.2 Å². The Kier molecular flexibility index (Phi) is 5.10. The van der Waals surface area contributed by atoms with Crippen molar-refractivity contribution in [3.05, 3.63) is 44.5 Å². The zero-order valence-corrected chi connectivity index (χ0v) is 13.8. The molecule has 0 aromatic heterocycles. The molecule has 0 radical (unpaired) electrons. The van der Waals surface area contributed by atoms with Gasteiger partial charge in [0.05, 0.1) is 26.2 Å². The summed E-state index contributed by atoms with van der Waals surface area (Å²) in [6.07, 6.45) is 0. The van der Waals surface area contributed by atoms with Gasteiger partial charge in [0.2, 0.25) is 5.75 Å². The number of hydrogen-bond donors (Lipinski definition) is 2. The molecule has 10 nitrogen and oxygen atoms in total. The van der Waals surface area contributed by atoms with E-state index in [0.29, 0.717) is 6.07 Å². The number of nitrogens with zero attached hydrogens (tertiary/aromatic N) is 2. The van der Waals surface area contributed by atoms with E-state index in [9.17, 15) is 33.8 Å². The number of nitro groups is 2. The van der Waals surface area contributed by atoms with Gasteiger partial charge in [0.1, 0.15) is 0 Å². The smallest absolute Gasteiger partial charge is 1.00 e. The van der Waals surface area contributed by atoms with Gasteiger partial charge >= 0.3 is 35.2 Å². The maximum atomic E-state index is 11.0. The van der Waals surface area contributed by atoms with Crippen molar-refractivity contribution < 1.29 is 58.9 Å². The predicted octanol–water partition coefficient (Wildman–Crippen LogP) is -1.28. The Bertz CT molecular complexity index is 901. The standard InChI is InChI=1S/C10H6N2O8S.Na.H/c13-10-7-3-5(21(18,19)20)1-2-6(7)8(11(14)15)4-9(10)12(16)17;;/h1-4,13H,(H,18,19,20);;/q;+1;-1. The fourth-order valence-electron chi connectivity index (χ4n) is 1.81. The van der Waals surface area contributed by atoms with Gasteiger partial charge in [-0.1, -0.05) is 0 Å². The van der Waals surface area contributed by atoms with Crippen molar-refractivity contribution in [1.82, 2.24) is 0 Å². The Morgan fingerprint density at radius 1 is 1.00 bits per heavy atom. The van der Waals surface area contributed by atoms with E-state index in [1.54, 1.807) is 0 Å². The molecule has 0 saturated heterocycles. The van der Waals surface area contributed by atoms with Crippen LogP contribution in [0.5, 0.6) is 5.75 Å². The van der Waals surface area contributed by atoms with Crippen molar-refractivity contribution in [2.45, 2.75) is 4.90 Å². The van der Waals surface area contributed by atoms with Crippen LogP contribution in [0.2, 0.25) is 0 Å². The molecule has 12 heteroatoms. The van der Waals surface area contributed by atoms with Gasteiger partial charge < -0.3 is 6.53 Å². The van der Waals surface area contributed by atoms with Crippen molar-refractivity contribution >= 4 is 32.3 Å². The largest absolute Gasteiger partial charge is 1.00 e. The summed E-state index contributed by atoms with van der Waals surface area (Å²) in [6.45, 7) is 0. The normalized spacial score (nSPS) is 11.0. The summed E-state index contributed by atoms with van der Waals surface area (Å²) in [7, 11) is -4.63. The molecule has 0 aliphatic carbocycles. The number of hydrogen-bond acceptors (Lipinski definition) is 7. The number of phenols is 1. The molecule has 0 aliphatic rings. The number of nitro benzene ring substituents is 2. The molecule has 0 spiro atoms. The first-order valence-electron chi connectivity index (χ1n) is 5.19. The number of benzene rings is 2. The average Bonchev–Trinajstić information content (AvgIpc) is 2.36. The van der Waals surface area contributed by atoms with E-state index in [0.717, 1.165) is 18.2 Å². The summed E-state index contributed by atoms with van der Waals surface area (Å²) in [4.78, 5) is 19.1. The van der Waals surface area contributed by atoms with E-state index < -0.39 is 47.4 Å². The Morgan fingerprint density at radius 3 is 2.00 bits per heavy atom. The molecule has 0 aliphatic heterocycles. The summed E-state index contributed by atoms with van der Waals surface area (Å²) in [5.74, 6) is -0.925. The molecule has 0 unspecified atom stereocenters. The van der Waals surface area contributed by atoms with Crippen molar-refractivity contribution in [3.8, 4) is 5.75 Å². The van der Waals surface area contributed by atoms with E-state index >= 15 is 0 Å². The van der Waals surface area contributed by atoms with Crippen LogP contribution in [-0.4, -0.2) is 27.9 Å². The monoisotopic (exact) mass is 338 g/mol. The second-order valence-electron chi connectivity index (χ2n) is 3.96. The van der Waals surface area contributed by atoms with Crippen molar-refractivity contribution in [2.24, 2.45) is 0 Å². The number of non-ortho nitro benzene ring substituents is 1. The maximum absolute atomic E-state index is 11.0. The van der Waals surface area contributed by atoms with E-state index in [-0.39, 0.29) is 36.4 Å². The van der Waals surface area contributed by atoms with E-state index in [4.69, 9.17) is 4.55 Å². The van der Waals surface area contributed by atoms with Crippen LogP contribution in [0.1, 0.15) is 1.43 Å². The minimum absolute atomic E-state index is 0. The van der Waals surface area contributed by atoms with Crippen molar-refractivity contribution in [3.63, 3.8) is 0 Å². The summed E-state index contributed by atoms with van der Waals surface area (Å²) in [6, 6.07) is 3.15. The minimum Gasteiger partial charge on any atom is -1.00 e. The first-order chi connectivity index (χ1) is 9.62. The molecular weight excluding hydrogens is 331 g/mol. The predicted molar refractivity (Wildman–Crippen MR) is 69.8 cm³/mol. The second kappa shape index (κ2) is 6.14. The topological polar surface area (TPSA) is 161 Å². The molecule has 112 valence electrons. The van der Waals surface area contributed by atoms with Gasteiger partial charge in [0, 0.05) is 5.39 Å². The molecule has 2 N–H and O–H groups in total. The molecule has 0 saturated carbocycles. The Morgan fingerprint density at radius 2 is 1.55 bits per heavy atom. The van der Waals surface area contributed by atoms with Crippen LogP contribution in [0, 0.1) is 20.2 Å². The third-order valence-corrected chi connectivity index (χ3v) is 3.58. The first-order valence-corrected chi connectivity index (χ1v) is 6.63. The minimum atomic E-state index is -4.63. The second-order valence-corrected chi connectivity index (χ2v) is 5.38. The van der Waals surface area contributed by atoms with Crippen LogP contribution < -0.4 is 29.6 Å². The van der Waals surface area contributed by atoms with E-state index in [2.05, 4.69) is 0 Å². The molecule has 2 rings (SSSR count). The van der Waals surface area contributed by atoms with Crippen LogP contribution in [0.25, 0.3) is 10.8 Å². The number of rotatable bonds is 3. The zero-order chi connectivity index (χ0) is 15.9.